The van der Waals surface area contributed by atoms with Crippen LogP contribution in [0.4, 0.5) is 0 Å². The van der Waals surface area contributed by atoms with Crippen LogP contribution in [0.2, 0.25) is 0 Å². The predicted octanol–water partition coefficient (Wildman–Crippen LogP) is 4.75. The van der Waals surface area contributed by atoms with E-state index in [1.54, 1.807) is 12.1 Å². The van der Waals surface area contributed by atoms with Crippen molar-refractivity contribution < 1.29 is 9.90 Å². The molecule has 0 fully saturated rings. The topological polar surface area (TPSA) is 92.4 Å². The summed E-state index contributed by atoms with van der Waals surface area (Å²) in [6, 6.07) is 11.5. The Kier molecular flexibility index (Phi) is 7.68. The van der Waals surface area contributed by atoms with Crippen molar-refractivity contribution in [1.29, 1.82) is 0 Å². The first-order chi connectivity index (χ1) is 14.4. The van der Waals surface area contributed by atoms with Crippen molar-refractivity contribution in [2.45, 2.75) is 25.5 Å². The van der Waals surface area contributed by atoms with Crippen molar-refractivity contribution in [3.05, 3.63) is 56.5 Å². The molecule has 156 valence electrons. The third-order valence-electron chi connectivity index (χ3n) is 4.13. The molecular weight excluding hydrogens is 534 g/mol. The molecule has 1 heterocycles. The van der Waals surface area contributed by atoms with Gasteiger partial charge in [0.2, 0.25) is 0 Å². The number of nitrogens with one attached hydrogen (secondary N) is 1. The van der Waals surface area contributed by atoms with Gasteiger partial charge in [0.1, 0.15) is 5.75 Å². The number of hydrazone groups is 1. The average Bonchev–Trinajstić information content (AvgIpc) is 3.13. The molecule has 0 aliphatic heterocycles. The average molecular weight is 553 g/mol. The molecule has 10 heteroatoms. The molecule has 0 bridgehead atoms. The fourth-order valence-electron chi connectivity index (χ4n) is 2.62. The van der Waals surface area contributed by atoms with Crippen molar-refractivity contribution in [1.82, 2.24) is 20.2 Å². The zero-order chi connectivity index (χ0) is 21.7. The molecule has 2 N–H and O–H groups in total. The third kappa shape index (κ3) is 5.50. The van der Waals surface area contributed by atoms with Crippen LogP contribution in [0.3, 0.4) is 0 Å². The second-order valence-electron chi connectivity index (χ2n) is 6.32. The number of aryl methyl sites for hydroxylation is 1. The molecule has 0 saturated carbocycles. The number of nitrogens with zero attached hydrogens (tertiary/aromatic N) is 4. The van der Waals surface area contributed by atoms with Crippen LogP contribution >= 0.6 is 43.6 Å². The van der Waals surface area contributed by atoms with Crippen LogP contribution in [0.5, 0.6) is 5.75 Å². The molecule has 7 nitrogen and oxygen atoms in total. The highest BCUT2D eigenvalue weighted by Gasteiger charge is 2.14. The molecule has 0 aliphatic carbocycles. The smallest absolute Gasteiger partial charge is 0.250 e. The second kappa shape index (κ2) is 10.2. The minimum absolute atomic E-state index is 0.0465. The van der Waals surface area contributed by atoms with E-state index in [0.29, 0.717) is 21.7 Å². The lowest BCUT2D eigenvalue weighted by atomic mass is 10.1. The molecule has 0 saturated heterocycles. The fraction of sp³-hybridized carbons (Fsp3) is 0.200. The summed E-state index contributed by atoms with van der Waals surface area (Å²) in [5, 5.41) is 23.1. The Hall–Kier alpha value is -2.17. The van der Waals surface area contributed by atoms with Gasteiger partial charge in [-0.05, 0) is 41.9 Å². The molecule has 0 aliphatic rings. The van der Waals surface area contributed by atoms with Gasteiger partial charge in [0.25, 0.3) is 5.91 Å². The molecular formula is C20H19Br2N5O2S. The number of carbonyl (C=O) groups excluding carboxylic acids is 1. The molecule has 2 aromatic carbocycles. The quantitative estimate of drug-likeness (QED) is 0.251. The van der Waals surface area contributed by atoms with E-state index in [1.807, 2.05) is 42.7 Å². The summed E-state index contributed by atoms with van der Waals surface area (Å²) in [6.45, 7) is 4.74. The molecule has 1 amide bonds. The van der Waals surface area contributed by atoms with Crippen LogP contribution < -0.4 is 5.43 Å². The van der Waals surface area contributed by atoms with Gasteiger partial charge in [-0.3, -0.25) is 4.79 Å². The summed E-state index contributed by atoms with van der Waals surface area (Å²) >= 11 is 7.89. The Morgan fingerprint density at radius 1 is 1.27 bits per heavy atom. The summed E-state index contributed by atoms with van der Waals surface area (Å²) in [5.41, 5.74) is 5.09. The fourth-order valence-corrected chi connectivity index (χ4v) is 4.67. The highest BCUT2D eigenvalue weighted by Crippen LogP contribution is 2.30. The van der Waals surface area contributed by atoms with E-state index in [4.69, 9.17) is 0 Å². The van der Waals surface area contributed by atoms with E-state index in [9.17, 15) is 9.90 Å². The van der Waals surface area contributed by atoms with Gasteiger partial charge in [-0.2, -0.15) is 5.10 Å². The number of halogens is 2. The lowest BCUT2D eigenvalue weighted by Gasteiger charge is -2.07. The number of phenols is 1. The Morgan fingerprint density at radius 2 is 2.00 bits per heavy atom. The number of hydrogen-bond donors (Lipinski definition) is 2. The Bertz CT molecular complexity index is 1080. The maximum Gasteiger partial charge on any atom is 0.250 e. The molecule has 3 aromatic rings. The van der Waals surface area contributed by atoms with Gasteiger partial charge in [0, 0.05) is 22.1 Å². The van der Waals surface area contributed by atoms with Gasteiger partial charge in [-0.15, -0.1) is 10.2 Å². The van der Waals surface area contributed by atoms with Gasteiger partial charge in [-0.1, -0.05) is 57.5 Å². The minimum atomic E-state index is -0.285. The number of amides is 1. The van der Waals surface area contributed by atoms with Crippen molar-refractivity contribution >= 4 is 55.7 Å². The summed E-state index contributed by atoms with van der Waals surface area (Å²) in [5.74, 6) is 0.670. The van der Waals surface area contributed by atoms with Crippen LogP contribution in [0.15, 0.2) is 55.6 Å². The molecule has 0 radical (unpaired) electrons. The molecule has 0 unspecified atom stereocenters. The zero-order valence-electron chi connectivity index (χ0n) is 16.3. The summed E-state index contributed by atoms with van der Waals surface area (Å²) in [6.07, 6.45) is 1.39. The van der Waals surface area contributed by atoms with Gasteiger partial charge in [0.05, 0.1) is 16.4 Å². The number of rotatable bonds is 7. The first-order valence-electron chi connectivity index (χ1n) is 9.02. The lowest BCUT2D eigenvalue weighted by Crippen LogP contribution is -2.20. The third-order valence-corrected chi connectivity index (χ3v) is 6.15. The van der Waals surface area contributed by atoms with Crippen molar-refractivity contribution in [2.75, 3.05) is 5.75 Å². The summed E-state index contributed by atoms with van der Waals surface area (Å²) in [7, 11) is 0. The van der Waals surface area contributed by atoms with Gasteiger partial charge < -0.3 is 9.67 Å². The van der Waals surface area contributed by atoms with Gasteiger partial charge in [0.15, 0.2) is 11.0 Å². The van der Waals surface area contributed by atoms with E-state index < -0.39 is 0 Å². The van der Waals surface area contributed by atoms with Crippen LogP contribution in [0.1, 0.15) is 18.1 Å². The number of aromatic nitrogens is 3. The number of thioether (sulfide) groups is 1. The van der Waals surface area contributed by atoms with Gasteiger partial charge >= 0.3 is 0 Å². The first-order valence-corrected chi connectivity index (χ1v) is 11.6. The standard InChI is InChI=1S/C20H19Br2N5O2S/c1-3-27-19(13-6-4-12(2)5-7-13)25-26-20(27)30-11-17(28)24-23-10-14-8-15(21)9-16(22)18(14)29/h4-10,29H,3,11H2,1-2H3,(H,24,28)/b23-10+. The van der Waals surface area contributed by atoms with Crippen LogP contribution in [0.25, 0.3) is 11.4 Å². The Morgan fingerprint density at radius 3 is 2.70 bits per heavy atom. The van der Waals surface area contributed by atoms with E-state index in [1.165, 1.54) is 23.5 Å². The highest BCUT2D eigenvalue weighted by atomic mass is 79.9. The number of aromatic hydroxyl groups is 1. The monoisotopic (exact) mass is 551 g/mol. The highest BCUT2D eigenvalue weighted by molar-refractivity contribution is 9.11. The zero-order valence-corrected chi connectivity index (χ0v) is 20.3. The normalized spacial score (nSPS) is 11.2. The van der Waals surface area contributed by atoms with E-state index in [-0.39, 0.29) is 17.4 Å². The Labute approximate surface area is 195 Å². The van der Waals surface area contributed by atoms with Crippen molar-refractivity contribution in [3.63, 3.8) is 0 Å². The molecule has 0 spiro atoms. The molecule has 3 rings (SSSR count). The number of hydrogen-bond acceptors (Lipinski definition) is 6. The van der Waals surface area contributed by atoms with Crippen molar-refractivity contribution in [3.8, 4) is 17.1 Å². The maximum absolute atomic E-state index is 12.2. The molecule has 1 aromatic heterocycles. The minimum Gasteiger partial charge on any atom is -0.506 e. The summed E-state index contributed by atoms with van der Waals surface area (Å²) in [4.78, 5) is 12.2. The molecule has 30 heavy (non-hydrogen) atoms. The SMILES string of the molecule is CCn1c(SCC(=O)N/N=C/c2cc(Br)cc(Br)c2O)nnc1-c1ccc(C)cc1. The lowest BCUT2D eigenvalue weighted by molar-refractivity contribution is -0.118. The predicted molar refractivity (Wildman–Crippen MR) is 126 cm³/mol. The molecule has 0 atom stereocenters. The van der Waals surface area contributed by atoms with Crippen LogP contribution in [0, 0.1) is 6.92 Å². The number of benzene rings is 2. The van der Waals surface area contributed by atoms with E-state index in [0.717, 1.165) is 15.9 Å². The van der Waals surface area contributed by atoms with E-state index in [2.05, 4.69) is 52.6 Å². The number of carbonyl (C=O) groups is 1. The van der Waals surface area contributed by atoms with Gasteiger partial charge in [-0.25, -0.2) is 5.43 Å². The van der Waals surface area contributed by atoms with Crippen molar-refractivity contribution in [2.24, 2.45) is 5.10 Å². The number of phenolic OH excluding ortho intramolecular Hbond substituents is 1. The first kappa shape index (κ1) is 22.5. The Balaban J connectivity index is 1.62. The van der Waals surface area contributed by atoms with Crippen LogP contribution in [-0.4, -0.2) is 37.7 Å². The van der Waals surface area contributed by atoms with Crippen LogP contribution in [-0.2, 0) is 11.3 Å². The second-order valence-corrected chi connectivity index (χ2v) is 9.04. The summed E-state index contributed by atoms with van der Waals surface area (Å²) < 4.78 is 3.28. The largest absolute Gasteiger partial charge is 0.506 e. The van der Waals surface area contributed by atoms with E-state index >= 15 is 0 Å². The maximum atomic E-state index is 12.2.